The van der Waals surface area contributed by atoms with Gasteiger partial charge in [-0.25, -0.2) is 4.79 Å². The molecule has 16 heavy (non-hydrogen) atoms. The molecule has 1 aromatic rings. The molecule has 0 saturated heterocycles. The normalized spacial score (nSPS) is 10.6. The minimum atomic E-state index is -0.640. The molecule has 3 heteroatoms. The third kappa shape index (κ3) is 3.53. The van der Waals surface area contributed by atoms with Crippen LogP contribution in [0.1, 0.15) is 5.56 Å². The lowest BCUT2D eigenvalue weighted by molar-refractivity contribution is -0.138. The monoisotopic (exact) mass is 216 g/mol. The van der Waals surface area contributed by atoms with Crippen molar-refractivity contribution in [2.45, 2.75) is 0 Å². The Morgan fingerprint density at radius 3 is 2.56 bits per heavy atom. The summed E-state index contributed by atoms with van der Waals surface area (Å²) in [5.41, 5.74) is 0.771. The molecule has 0 fully saturated rings. The van der Waals surface area contributed by atoms with Gasteiger partial charge in [-0.05, 0) is 11.6 Å². The fourth-order valence-electron chi connectivity index (χ4n) is 1.09. The first-order valence-corrected chi connectivity index (χ1v) is 4.78. The van der Waals surface area contributed by atoms with E-state index in [9.17, 15) is 9.59 Å². The van der Waals surface area contributed by atoms with Crippen LogP contribution in [0, 0.1) is 0 Å². The van der Waals surface area contributed by atoms with E-state index < -0.39 is 5.97 Å². The lowest BCUT2D eigenvalue weighted by Gasteiger charge is -2.00. The number of aldehydes is 1. The smallest absolute Gasteiger partial charge is 0.341 e. The van der Waals surface area contributed by atoms with Crippen molar-refractivity contribution in [3.8, 4) is 0 Å². The number of esters is 1. The molecule has 3 nitrogen and oxygen atoms in total. The quantitative estimate of drug-likeness (QED) is 0.189. The third-order valence-corrected chi connectivity index (χ3v) is 1.82. The van der Waals surface area contributed by atoms with Crippen molar-refractivity contribution in [1.82, 2.24) is 0 Å². The molecule has 0 heterocycles. The van der Waals surface area contributed by atoms with Crippen molar-refractivity contribution in [2.24, 2.45) is 0 Å². The van der Waals surface area contributed by atoms with Gasteiger partial charge in [-0.2, -0.15) is 0 Å². The first kappa shape index (κ1) is 11.9. The van der Waals surface area contributed by atoms with Crippen LogP contribution in [0.3, 0.4) is 0 Å². The summed E-state index contributed by atoms with van der Waals surface area (Å²) in [6.45, 7) is 3.51. The fraction of sp³-hybridized carbons (Fsp3) is 0.0769. The molecule has 0 spiro atoms. The Kier molecular flexibility index (Phi) is 4.73. The van der Waals surface area contributed by atoms with Gasteiger partial charge < -0.3 is 4.74 Å². The van der Waals surface area contributed by atoms with E-state index in [4.69, 9.17) is 4.74 Å². The summed E-state index contributed by atoms with van der Waals surface area (Å²) in [7, 11) is 0. The second-order valence-electron chi connectivity index (χ2n) is 3.02. The molecule has 0 atom stereocenters. The molecule has 1 rings (SSSR count). The van der Waals surface area contributed by atoms with Gasteiger partial charge >= 0.3 is 5.97 Å². The van der Waals surface area contributed by atoms with E-state index in [1.54, 1.807) is 12.1 Å². The predicted molar refractivity (Wildman–Crippen MR) is 61.6 cm³/mol. The third-order valence-electron chi connectivity index (χ3n) is 1.82. The highest BCUT2D eigenvalue weighted by Gasteiger charge is 2.08. The van der Waals surface area contributed by atoms with E-state index in [2.05, 4.69) is 6.58 Å². The Balaban J connectivity index is 2.81. The second-order valence-corrected chi connectivity index (χ2v) is 3.02. The van der Waals surface area contributed by atoms with Gasteiger partial charge in [0.25, 0.3) is 0 Å². The van der Waals surface area contributed by atoms with Gasteiger partial charge in [-0.1, -0.05) is 43.0 Å². The first-order valence-electron chi connectivity index (χ1n) is 4.78. The molecular formula is C13H12O3. The lowest BCUT2D eigenvalue weighted by atomic mass is 10.1. The summed E-state index contributed by atoms with van der Waals surface area (Å²) < 4.78 is 4.76. The number of hydrogen-bond donors (Lipinski definition) is 0. The van der Waals surface area contributed by atoms with E-state index in [1.807, 2.05) is 18.2 Å². The average molecular weight is 216 g/mol. The zero-order valence-electron chi connectivity index (χ0n) is 8.76. The van der Waals surface area contributed by atoms with Gasteiger partial charge in [0, 0.05) is 0 Å². The number of carbonyl (C=O) groups is 2. The molecule has 0 saturated carbocycles. The molecule has 0 unspecified atom stereocenters. The zero-order valence-corrected chi connectivity index (χ0v) is 8.76. The molecule has 0 amide bonds. The largest absolute Gasteiger partial charge is 0.458 e. The maximum absolute atomic E-state index is 11.4. The molecule has 0 radical (unpaired) electrons. The van der Waals surface area contributed by atoms with E-state index >= 15 is 0 Å². The Hall–Kier alpha value is -2.16. The van der Waals surface area contributed by atoms with Gasteiger partial charge in [0.1, 0.15) is 6.61 Å². The summed E-state index contributed by atoms with van der Waals surface area (Å²) in [5, 5.41) is 0. The van der Waals surface area contributed by atoms with Gasteiger partial charge in [-0.15, -0.1) is 0 Å². The highest BCUT2D eigenvalue weighted by atomic mass is 16.5. The maximum Gasteiger partial charge on any atom is 0.341 e. The van der Waals surface area contributed by atoms with Gasteiger partial charge in [0.2, 0.25) is 0 Å². The minimum absolute atomic E-state index is 0.00644. The van der Waals surface area contributed by atoms with Crippen molar-refractivity contribution in [3.63, 3.8) is 0 Å². The SMILES string of the molecule is C=CCOC(=O)C(C=O)=Cc1ccccc1. The Labute approximate surface area is 94.0 Å². The topological polar surface area (TPSA) is 43.4 Å². The van der Waals surface area contributed by atoms with Gasteiger partial charge in [0.15, 0.2) is 6.29 Å². The van der Waals surface area contributed by atoms with Crippen molar-refractivity contribution in [2.75, 3.05) is 6.61 Å². The standard InChI is InChI=1S/C13H12O3/c1-2-8-16-13(15)12(10-14)9-11-6-4-3-5-7-11/h2-7,9-10H,1,8H2. The summed E-state index contributed by atoms with van der Waals surface area (Å²) >= 11 is 0. The summed E-state index contributed by atoms with van der Waals surface area (Å²) in [6.07, 6.45) is 3.42. The summed E-state index contributed by atoms with van der Waals surface area (Å²) in [6, 6.07) is 9.09. The average Bonchev–Trinajstić information content (AvgIpc) is 2.34. The number of carbonyl (C=O) groups excluding carboxylic acids is 2. The van der Waals surface area contributed by atoms with Crippen LogP contribution in [-0.2, 0) is 14.3 Å². The van der Waals surface area contributed by atoms with E-state index in [0.717, 1.165) is 5.56 Å². The fourth-order valence-corrected chi connectivity index (χ4v) is 1.09. The minimum Gasteiger partial charge on any atom is -0.458 e. The summed E-state index contributed by atoms with van der Waals surface area (Å²) in [5.74, 6) is -0.640. The number of rotatable bonds is 5. The first-order chi connectivity index (χ1) is 7.77. The second kappa shape index (κ2) is 6.35. The Morgan fingerprint density at radius 1 is 1.31 bits per heavy atom. The van der Waals surface area contributed by atoms with Crippen LogP contribution in [0.15, 0.2) is 48.6 Å². The van der Waals surface area contributed by atoms with Gasteiger partial charge in [-0.3, -0.25) is 4.79 Å². The molecule has 0 aliphatic rings. The molecule has 1 aromatic carbocycles. The molecule has 0 aliphatic heterocycles. The predicted octanol–water partition coefficient (Wildman–Crippen LogP) is 2.00. The lowest BCUT2D eigenvalue weighted by Crippen LogP contribution is -2.08. The van der Waals surface area contributed by atoms with Crippen molar-refractivity contribution in [3.05, 3.63) is 54.1 Å². The summed E-state index contributed by atoms with van der Waals surface area (Å²) in [4.78, 5) is 22.1. The van der Waals surface area contributed by atoms with E-state index in [1.165, 1.54) is 12.2 Å². The van der Waals surface area contributed by atoms with Crippen LogP contribution < -0.4 is 0 Å². The van der Waals surface area contributed by atoms with E-state index in [-0.39, 0.29) is 12.2 Å². The van der Waals surface area contributed by atoms with Crippen LogP contribution in [0.4, 0.5) is 0 Å². The van der Waals surface area contributed by atoms with Crippen LogP contribution in [0.5, 0.6) is 0 Å². The van der Waals surface area contributed by atoms with Crippen LogP contribution in [0.2, 0.25) is 0 Å². The number of benzene rings is 1. The Morgan fingerprint density at radius 2 is 2.00 bits per heavy atom. The Bertz CT molecular complexity index is 404. The molecule has 0 aromatic heterocycles. The van der Waals surface area contributed by atoms with Gasteiger partial charge in [0.05, 0.1) is 5.57 Å². The van der Waals surface area contributed by atoms with Crippen LogP contribution in [-0.4, -0.2) is 18.9 Å². The highest BCUT2D eigenvalue weighted by molar-refractivity contribution is 6.11. The molecule has 0 bridgehead atoms. The molecular weight excluding hydrogens is 204 g/mol. The molecule has 0 aliphatic carbocycles. The zero-order chi connectivity index (χ0) is 11.8. The van der Waals surface area contributed by atoms with Crippen molar-refractivity contribution < 1.29 is 14.3 Å². The number of ether oxygens (including phenoxy) is 1. The van der Waals surface area contributed by atoms with Crippen molar-refractivity contribution in [1.29, 1.82) is 0 Å². The maximum atomic E-state index is 11.4. The number of hydrogen-bond acceptors (Lipinski definition) is 3. The van der Waals surface area contributed by atoms with Crippen LogP contribution >= 0.6 is 0 Å². The van der Waals surface area contributed by atoms with E-state index in [0.29, 0.717) is 6.29 Å². The van der Waals surface area contributed by atoms with Crippen LogP contribution in [0.25, 0.3) is 6.08 Å². The molecule has 0 N–H and O–H groups in total. The van der Waals surface area contributed by atoms with Crippen molar-refractivity contribution >= 4 is 18.3 Å². The highest BCUT2D eigenvalue weighted by Crippen LogP contribution is 2.06. The molecule has 82 valence electrons.